The van der Waals surface area contributed by atoms with Crippen LogP contribution in [0, 0.1) is 0 Å². The SMILES string of the molecule is CCN(CC)S(=O)(=O)c1ccc(C(C)NC(=O)NCc2ccccc2)cc1. The molecule has 2 N–H and O–H groups in total. The van der Waals surface area contributed by atoms with Crippen molar-refractivity contribution < 1.29 is 13.2 Å². The summed E-state index contributed by atoms with van der Waals surface area (Å²) < 4.78 is 26.5. The lowest BCUT2D eigenvalue weighted by atomic mass is 10.1. The first-order chi connectivity index (χ1) is 12.9. The fraction of sp³-hybridized carbons (Fsp3) is 0.350. The van der Waals surface area contributed by atoms with Gasteiger partial charge in [0.05, 0.1) is 10.9 Å². The maximum absolute atomic E-state index is 12.5. The molecule has 0 aromatic heterocycles. The van der Waals surface area contributed by atoms with Crippen molar-refractivity contribution in [2.45, 2.75) is 38.3 Å². The quantitative estimate of drug-likeness (QED) is 0.727. The van der Waals surface area contributed by atoms with Gasteiger partial charge in [0.15, 0.2) is 0 Å². The van der Waals surface area contributed by atoms with E-state index in [1.807, 2.05) is 51.1 Å². The fourth-order valence-electron chi connectivity index (χ4n) is 2.75. The number of hydrogen-bond donors (Lipinski definition) is 2. The first-order valence-electron chi connectivity index (χ1n) is 9.06. The van der Waals surface area contributed by atoms with Crippen LogP contribution in [0.1, 0.15) is 37.9 Å². The van der Waals surface area contributed by atoms with E-state index in [1.165, 1.54) is 4.31 Å². The summed E-state index contributed by atoms with van der Waals surface area (Å²) in [5, 5.41) is 5.67. The molecule has 2 amide bonds. The zero-order chi connectivity index (χ0) is 19.9. The molecule has 0 aliphatic carbocycles. The van der Waals surface area contributed by atoms with Gasteiger partial charge in [0, 0.05) is 19.6 Å². The lowest BCUT2D eigenvalue weighted by molar-refractivity contribution is 0.237. The highest BCUT2D eigenvalue weighted by Gasteiger charge is 2.21. The summed E-state index contributed by atoms with van der Waals surface area (Å²) in [6, 6.07) is 15.8. The summed E-state index contributed by atoms with van der Waals surface area (Å²) in [5.74, 6) is 0. The van der Waals surface area contributed by atoms with Crippen LogP contribution >= 0.6 is 0 Å². The summed E-state index contributed by atoms with van der Waals surface area (Å²) in [6.07, 6.45) is 0. The van der Waals surface area contributed by atoms with Crippen molar-refractivity contribution in [2.24, 2.45) is 0 Å². The summed E-state index contributed by atoms with van der Waals surface area (Å²) >= 11 is 0. The Bertz CT molecular complexity index is 833. The third-order valence-corrected chi connectivity index (χ3v) is 6.43. The molecule has 0 bridgehead atoms. The Morgan fingerprint density at radius 2 is 1.59 bits per heavy atom. The number of carbonyl (C=O) groups excluding carboxylic acids is 1. The highest BCUT2D eigenvalue weighted by Crippen LogP contribution is 2.19. The van der Waals surface area contributed by atoms with Crippen LogP contribution in [0.15, 0.2) is 59.5 Å². The van der Waals surface area contributed by atoms with Crippen LogP contribution in [0.2, 0.25) is 0 Å². The molecule has 0 spiro atoms. The number of carbonyl (C=O) groups is 1. The molecule has 146 valence electrons. The Balaban J connectivity index is 1.97. The number of urea groups is 1. The molecular weight excluding hydrogens is 362 g/mol. The lowest BCUT2D eigenvalue weighted by Gasteiger charge is -2.19. The van der Waals surface area contributed by atoms with E-state index in [-0.39, 0.29) is 17.0 Å². The summed E-state index contributed by atoms with van der Waals surface area (Å²) in [4.78, 5) is 12.3. The molecule has 1 unspecified atom stereocenters. The van der Waals surface area contributed by atoms with E-state index in [4.69, 9.17) is 0 Å². The second-order valence-corrected chi connectivity index (χ2v) is 8.13. The molecule has 6 nitrogen and oxygen atoms in total. The molecule has 2 aromatic rings. The van der Waals surface area contributed by atoms with E-state index < -0.39 is 10.0 Å². The second kappa shape index (κ2) is 9.53. The average Bonchev–Trinajstić information content (AvgIpc) is 2.68. The number of rotatable bonds is 8. The lowest BCUT2D eigenvalue weighted by Crippen LogP contribution is -2.36. The van der Waals surface area contributed by atoms with Gasteiger partial charge in [0.25, 0.3) is 0 Å². The van der Waals surface area contributed by atoms with Crippen molar-refractivity contribution in [3.05, 3.63) is 65.7 Å². The largest absolute Gasteiger partial charge is 0.334 e. The molecular formula is C20H27N3O3S. The van der Waals surface area contributed by atoms with E-state index in [1.54, 1.807) is 24.3 Å². The van der Waals surface area contributed by atoms with Crippen LogP contribution in [0.3, 0.4) is 0 Å². The monoisotopic (exact) mass is 389 g/mol. The molecule has 0 aliphatic heterocycles. The minimum Gasteiger partial charge on any atom is -0.334 e. The van der Waals surface area contributed by atoms with Crippen molar-refractivity contribution in [2.75, 3.05) is 13.1 Å². The van der Waals surface area contributed by atoms with Gasteiger partial charge in [-0.25, -0.2) is 13.2 Å². The predicted octanol–water partition coefficient (Wildman–Crippen LogP) is 3.28. The first kappa shape index (κ1) is 20.9. The van der Waals surface area contributed by atoms with E-state index in [0.717, 1.165) is 11.1 Å². The standard InChI is InChI=1S/C20H27N3O3S/c1-4-23(5-2)27(25,26)19-13-11-18(12-14-19)16(3)22-20(24)21-15-17-9-7-6-8-10-17/h6-14,16H,4-5,15H2,1-3H3,(H2,21,22,24). The van der Waals surface area contributed by atoms with Gasteiger partial charge in [-0.05, 0) is 30.2 Å². The molecule has 0 saturated carbocycles. The first-order valence-corrected chi connectivity index (χ1v) is 10.5. The minimum atomic E-state index is -3.47. The highest BCUT2D eigenvalue weighted by molar-refractivity contribution is 7.89. The molecule has 27 heavy (non-hydrogen) atoms. The molecule has 2 aromatic carbocycles. The smallest absolute Gasteiger partial charge is 0.315 e. The molecule has 0 radical (unpaired) electrons. The Kier molecular flexibility index (Phi) is 7.38. The fourth-order valence-corrected chi connectivity index (χ4v) is 4.21. The van der Waals surface area contributed by atoms with Crippen LogP contribution in [0.5, 0.6) is 0 Å². The summed E-state index contributed by atoms with van der Waals surface area (Å²) in [5.41, 5.74) is 1.86. The van der Waals surface area contributed by atoms with Gasteiger partial charge in [-0.15, -0.1) is 0 Å². The Hall–Kier alpha value is -2.38. The molecule has 0 heterocycles. The number of hydrogen-bond acceptors (Lipinski definition) is 3. The zero-order valence-corrected chi connectivity index (χ0v) is 16.8. The van der Waals surface area contributed by atoms with Crippen molar-refractivity contribution in [3.8, 4) is 0 Å². The molecule has 0 saturated heterocycles. The van der Waals surface area contributed by atoms with Crippen molar-refractivity contribution in [1.29, 1.82) is 0 Å². The van der Waals surface area contributed by atoms with Gasteiger partial charge in [0.2, 0.25) is 10.0 Å². The number of sulfonamides is 1. The van der Waals surface area contributed by atoms with Crippen LogP contribution in [0.4, 0.5) is 4.79 Å². The van der Waals surface area contributed by atoms with Crippen molar-refractivity contribution in [3.63, 3.8) is 0 Å². The maximum Gasteiger partial charge on any atom is 0.315 e. The zero-order valence-electron chi connectivity index (χ0n) is 16.0. The van der Waals surface area contributed by atoms with Gasteiger partial charge in [-0.1, -0.05) is 56.3 Å². The van der Waals surface area contributed by atoms with Crippen molar-refractivity contribution in [1.82, 2.24) is 14.9 Å². The summed E-state index contributed by atoms with van der Waals surface area (Å²) in [7, 11) is -3.47. The third kappa shape index (κ3) is 5.55. The van der Waals surface area contributed by atoms with Crippen LogP contribution in [-0.4, -0.2) is 31.8 Å². The Morgan fingerprint density at radius 3 is 2.15 bits per heavy atom. The minimum absolute atomic E-state index is 0.244. The van der Waals surface area contributed by atoms with E-state index >= 15 is 0 Å². The van der Waals surface area contributed by atoms with Crippen LogP contribution in [0.25, 0.3) is 0 Å². The van der Waals surface area contributed by atoms with E-state index in [9.17, 15) is 13.2 Å². The normalized spacial score (nSPS) is 12.6. The number of benzene rings is 2. The average molecular weight is 390 g/mol. The molecule has 7 heteroatoms. The van der Waals surface area contributed by atoms with E-state index in [2.05, 4.69) is 10.6 Å². The molecule has 0 aliphatic rings. The highest BCUT2D eigenvalue weighted by atomic mass is 32.2. The molecule has 0 fully saturated rings. The van der Waals surface area contributed by atoms with Gasteiger partial charge >= 0.3 is 6.03 Å². The predicted molar refractivity (Wildman–Crippen MR) is 107 cm³/mol. The summed E-state index contributed by atoms with van der Waals surface area (Å²) in [6.45, 7) is 6.79. The Morgan fingerprint density at radius 1 is 1.00 bits per heavy atom. The van der Waals surface area contributed by atoms with Crippen LogP contribution in [-0.2, 0) is 16.6 Å². The van der Waals surface area contributed by atoms with Crippen molar-refractivity contribution >= 4 is 16.1 Å². The van der Waals surface area contributed by atoms with Gasteiger partial charge in [0.1, 0.15) is 0 Å². The van der Waals surface area contributed by atoms with Gasteiger partial charge in [-0.3, -0.25) is 0 Å². The maximum atomic E-state index is 12.5. The topological polar surface area (TPSA) is 78.5 Å². The number of nitrogens with zero attached hydrogens (tertiary/aromatic N) is 1. The Labute approximate surface area is 161 Å². The third-order valence-electron chi connectivity index (χ3n) is 4.37. The van der Waals surface area contributed by atoms with Crippen LogP contribution < -0.4 is 10.6 Å². The molecule has 2 rings (SSSR count). The van der Waals surface area contributed by atoms with Gasteiger partial charge < -0.3 is 10.6 Å². The van der Waals surface area contributed by atoms with Gasteiger partial charge in [-0.2, -0.15) is 4.31 Å². The van der Waals surface area contributed by atoms with E-state index in [0.29, 0.717) is 19.6 Å². The number of nitrogens with one attached hydrogen (secondary N) is 2. The number of amides is 2. The molecule has 1 atom stereocenters. The second-order valence-electron chi connectivity index (χ2n) is 6.19.